The maximum atomic E-state index is 12.1. The molecule has 2 atom stereocenters. The van der Waals surface area contributed by atoms with Gasteiger partial charge in [0, 0.05) is 7.05 Å². The average Bonchev–Trinajstić information content (AvgIpc) is 2.56. The summed E-state index contributed by atoms with van der Waals surface area (Å²) in [5.41, 5.74) is 1.29. The molecule has 0 aliphatic carbocycles. The first-order valence-corrected chi connectivity index (χ1v) is 9.07. The van der Waals surface area contributed by atoms with Gasteiger partial charge in [-0.15, -0.1) is 0 Å². The summed E-state index contributed by atoms with van der Waals surface area (Å²) < 4.78 is 0. The highest BCUT2D eigenvalue weighted by atomic mass is 16.2. The smallest absolute Gasteiger partial charge is 0.228 e. The molecule has 0 spiro atoms. The zero-order valence-electron chi connectivity index (χ0n) is 14.3. The Bertz CT molecular complexity index is 442. The molecule has 122 valence electrons. The fourth-order valence-corrected chi connectivity index (χ4v) is 3.61. The van der Waals surface area contributed by atoms with Gasteiger partial charge in [0.25, 0.3) is 0 Å². The van der Waals surface area contributed by atoms with Crippen LogP contribution < -0.4 is 0 Å². The first-order valence-electron chi connectivity index (χ1n) is 9.07. The molecule has 1 amide bonds. The van der Waals surface area contributed by atoms with E-state index in [4.69, 9.17) is 0 Å². The summed E-state index contributed by atoms with van der Waals surface area (Å²) in [5, 5.41) is 0. The molecule has 0 saturated carbocycles. The van der Waals surface area contributed by atoms with Crippen molar-refractivity contribution in [3.63, 3.8) is 0 Å². The van der Waals surface area contributed by atoms with Crippen molar-refractivity contribution in [2.75, 3.05) is 7.05 Å². The molecule has 2 unspecified atom stereocenters. The van der Waals surface area contributed by atoms with Crippen molar-refractivity contribution >= 4 is 5.91 Å². The van der Waals surface area contributed by atoms with Crippen molar-refractivity contribution in [3.05, 3.63) is 35.9 Å². The number of rotatable bonds is 10. The number of hydrogen-bond donors (Lipinski definition) is 0. The number of carbonyl (C=O) groups is 1. The van der Waals surface area contributed by atoms with Gasteiger partial charge in [-0.05, 0) is 12.0 Å². The zero-order valence-corrected chi connectivity index (χ0v) is 14.3. The van der Waals surface area contributed by atoms with Crippen LogP contribution in [-0.4, -0.2) is 17.9 Å². The van der Waals surface area contributed by atoms with Crippen LogP contribution >= 0.6 is 0 Å². The molecular weight excluding hydrogens is 270 g/mol. The fourth-order valence-electron chi connectivity index (χ4n) is 3.61. The van der Waals surface area contributed by atoms with E-state index in [1.54, 1.807) is 0 Å². The third-order valence-electron chi connectivity index (χ3n) is 4.97. The average molecular weight is 301 g/mol. The predicted octanol–water partition coefficient (Wildman–Crippen LogP) is 5.35. The number of nitrogens with zero attached hydrogens (tertiary/aromatic N) is 1. The maximum Gasteiger partial charge on any atom is 0.228 e. The Balaban J connectivity index is 1.67. The molecule has 1 aromatic rings. The molecular formula is C20H31NO. The van der Waals surface area contributed by atoms with Gasteiger partial charge in [-0.2, -0.15) is 0 Å². The normalized spacial score (nSPS) is 21.0. The van der Waals surface area contributed by atoms with Gasteiger partial charge in [-0.25, -0.2) is 0 Å². The minimum Gasteiger partial charge on any atom is -0.338 e. The van der Waals surface area contributed by atoms with Crippen LogP contribution in [0.15, 0.2) is 30.3 Å². The van der Waals surface area contributed by atoms with Crippen LogP contribution in [0.5, 0.6) is 0 Å². The third-order valence-corrected chi connectivity index (χ3v) is 4.97. The molecule has 0 aromatic heterocycles. The van der Waals surface area contributed by atoms with Crippen LogP contribution in [-0.2, 0) is 4.79 Å². The van der Waals surface area contributed by atoms with E-state index in [0.29, 0.717) is 11.9 Å². The first-order chi connectivity index (χ1) is 10.8. The van der Waals surface area contributed by atoms with Crippen LogP contribution in [0, 0.1) is 5.92 Å². The van der Waals surface area contributed by atoms with E-state index >= 15 is 0 Å². The first kappa shape index (κ1) is 17.1. The van der Waals surface area contributed by atoms with Crippen LogP contribution in [0.1, 0.15) is 76.3 Å². The maximum absolute atomic E-state index is 12.1. The molecule has 2 heteroatoms. The quantitative estimate of drug-likeness (QED) is 0.421. The van der Waals surface area contributed by atoms with Gasteiger partial charge >= 0.3 is 0 Å². The highest BCUT2D eigenvalue weighted by Gasteiger charge is 2.44. The van der Waals surface area contributed by atoms with Crippen LogP contribution in [0.25, 0.3) is 0 Å². The van der Waals surface area contributed by atoms with Gasteiger partial charge in [0.2, 0.25) is 5.91 Å². The zero-order chi connectivity index (χ0) is 15.8. The molecule has 1 aliphatic rings. The van der Waals surface area contributed by atoms with Gasteiger partial charge < -0.3 is 4.90 Å². The number of likely N-dealkylation sites (tertiary alicyclic amines) is 1. The lowest BCUT2D eigenvalue weighted by atomic mass is 9.79. The molecule has 0 bridgehead atoms. The number of hydrogen-bond acceptors (Lipinski definition) is 1. The van der Waals surface area contributed by atoms with Gasteiger partial charge in [0.15, 0.2) is 0 Å². The summed E-state index contributed by atoms with van der Waals surface area (Å²) in [6.07, 6.45) is 11.7. The lowest BCUT2D eigenvalue weighted by Crippen LogP contribution is -2.52. The number of benzene rings is 1. The molecule has 0 radical (unpaired) electrons. The Morgan fingerprint density at radius 1 is 0.909 bits per heavy atom. The second kappa shape index (κ2) is 8.97. The third kappa shape index (κ3) is 4.34. The topological polar surface area (TPSA) is 20.3 Å². The monoisotopic (exact) mass is 301 g/mol. The summed E-state index contributed by atoms with van der Waals surface area (Å²) in [6, 6.07) is 10.8. The Hall–Kier alpha value is -1.31. The molecule has 1 saturated heterocycles. The van der Waals surface area contributed by atoms with E-state index in [1.165, 1.54) is 56.9 Å². The second-order valence-electron chi connectivity index (χ2n) is 6.67. The molecule has 22 heavy (non-hydrogen) atoms. The number of amides is 1. The molecule has 1 aliphatic heterocycles. The number of β-lactam (4-membered cyclic amide) rings is 1. The molecule has 1 fully saturated rings. The lowest BCUT2D eigenvalue weighted by molar-refractivity contribution is -0.154. The highest BCUT2D eigenvalue weighted by Crippen LogP contribution is 2.41. The van der Waals surface area contributed by atoms with Gasteiger partial charge in [-0.1, -0.05) is 88.6 Å². The number of carbonyl (C=O) groups excluding carboxylic acids is 1. The highest BCUT2D eigenvalue weighted by molar-refractivity contribution is 5.86. The van der Waals surface area contributed by atoms with Crippen molar-refractivity contribution < 1.29 is 4.79 Å². The summed E-state index contributed by atoms with van der Waals surface area (Å²) >= 11 is 0. The van der Waals surface area contributed by atoms with Crippen molar-refractivity contribution in [1.82, 2.24) is 4.90 Å². The fraction of sp³-hybridized carbons (Fsp3) is 0.650. The summed E-state index contributed by atoms with van der Waals surface area (Å²) in [6.45, 7) is 2.26. The van der Waals surface area contributed by atoms with E-state index in [0.717, 1.165) is 6.42 Å². The van der Waals surface area contributed by atoms with Gasteiger partial charge in [-0.3, -0.25) is 4.79 Å². The minimum absolute atomic E-state index is 0.215. The van der Waals surface area contributed by atoms with Crippen LogP contribution in [0.4, 0.5) is 0 Å². The SMILES string of the molecule is CCCCCCCCCCC1C(=O)N(C)C1c1ccccc1. The molecule has 2 nitrogen and oxygen atoms in total. The van der Waals surface area contributed by atoms with E-state index in [9.17, 15) is 4.79 Å². The van der Waals surface area contributed by atoms with E-state index in [2.05, 4.69) is 31.2 Å². The largest absolute Gasteiger partial charge is 0.338 e. The Morgan fingerprint density at radius 2 is 1.50 bits per heavy atom. The molecule has 1 heterocycles. The number of unbranched alkanes of at least 4 members (excludes halogenated alkanes) is 7. The Morgan fingerprint density at radius 3 is 2.14 bits per heavy atom. The summed E-state index contributed by atoms with van der Waals surface area (Å²) in [5.74, 6) is 0.546. The van der Waals surface area contributed by atoms with Crippen molar-refractivity contribution in [2.24, 2.45) is 5.92 Å². The van der Waals surface area contributed by atoms with E-state index in [-0.39, 0.29) is 5.92 Å². The summed E-state index contributed by atoms with van der Waals surface area (Å²) in [4.78, 5) is 14.0. The molecule has 2 rings (SSSR count). The van der Waals surface area contributed by atoms with Crippen LogP contribution in [0.2, 0.25) is 0 Å². The lowest BCUT2D eigenvalue weighted by Gasteiger charge is -2.45. The van der Waals surface area contributed by atoms with Gasteiger partial charge in [0.05, 0.1) is 12.0 Å². The van der Waals surface area contributed by atoms with E-state index < -0.39 is 0 Å². The van der Waals surface area contributed by atoms with Crippen LogP contribution in [0.3, 0.4) is 0 Å². The Kier molecular flexibility index (Phi) is 6.95. The second-order valence-corrected chi connectivity index (χ2v) is 6.67. The molecule has 1 aromatic carbocycles. The van der Waals surface area contributed by atoms with Crippen molar-refractivity contribution in [3.8, 4) is 0 Å². The van der Waals surface area contributed by atoms with Crippen molar-refractivity contribution in [2.45, 2.75) is 70.8 Å². The molecule has 0 N–H and O–H groups in total. The standard InChI is InChI=1S/C20H31NO/c1-3-4-5-6-7-8-9-13-16-18-19(21(2)20(18)22)17-14-11-10-12-15-17/h10-12,14-15,18-19H,3-9,13,16H2,1-2H3. The van der Waals surface area contributed by atoms with Crippen molar-refractivity contribution in [1.29, 1.82) is 0 Å². The Labute approximate surface area is 135 Å². The summed E-state index contributed by atoms with van der Waals surface area (Å²) in [7, 11) is 1.93. The van der Waals surface area contributed by atoms with E-state index in [1.807, 2.05) is 18.0 Å². The van der Waals surface area contributed by atoms with Gasteiger partial charge in [0.1, 0.15) is 0 Å². The predicted molar refractivity (Wildman–Crippen MR) is 92.7 cm³/mol. The minimum atomic E-state index is 0.215.